The number of rotatable bonds is 7. The number of hydrogen-bond donors (Lipinski definition) is 2. The molecule has 20 heavy (non-hydrogen) atoms. The molecule has 1 heterocycles. The molecule has 1 atom stereocenters. The zero-order valence-electron chi connectivity index (χ0n) is 11.4. The van der Waals surface area contributed by atoms with E-state index < -0.39 is 23.6 Å². The fraction of sp³-hybridized carbons (Fsp3) is 0.636. The first-order valence-corrected chi connectivity index (χ1v) is 5.97. The van der Waals surface area contributed by atoms with E-state index in [-0.39, 0.29) is 25.4 Å². The van der Waals surface area contributed by atoms with Gasteiger partial charge in [0.25, 0.3) is 5.91 Å². The molecule has 9 heteroatoms. The Morgan fingerprint density at radius 3 is 2.55 bits per heavy atom. The van der Waals surface area contributed by atoms with Crippen molar-refractivity contribution in [3.8, 4) is 0 Å². The largest absolute Gasteiger partial charge is 0.383 e. The third-order valence-corrected chi connectivity index (χ3v) is 2.78. The highest BCUT2D eigenvalue weighted by Crippen LogP contribution is 2.17. The summed E-state index contributed by atoms with van der Waals surface area (Å²) in [5, 5.41) is 5.77. The Labute approximate surface area is 116 Å². The summed E-state index contributed by atoms with van der Waals surface area (Å²) in [4.78, 5) is 36.9. The SMILES string of the molecule is COCCNC(=O)[C@H]1C(=O)N(CCOC)C(=O)/C1=N/N. The molecule has 0 aliphatic carbocycles. The van der Waals surface area contributed by atoms with Crippen LogP contribution in [0, 0.1) is 5.92 Å². The Morgan fingerprint density at radius 1 is 1.35 bits per heavy atom. The molecule has 0 aromatic rings. The van der Waals surface area contributed by atoms with Crippen molar-refractivity contribution in [2.45, 2.75) is 0 Å². The number of carbonyl (C=O) groups is 3. The van der Waals surface area contributed by atoms with Crippen molar-refractivity contribution in [1.82, 2.24) is 10.2 Å². The van der Waals surface area contributed by atoms with Gasteiger partial charge in [0, 0.05) is 20.8 Å². The highest BCUT2D eigenvalue weighted by atomic mass is 16.5. The van der Waals surface area contributed by atoms with Crippen LogP contribution in [-0.2, 0) is 23.9 Å². The van der Waals surface area contributed by atoms with Gasteiger partial charge in [0.15, 0.2) is 5.92 Å². The van der Waals surface area contributed by atoms with Gasteiger partial charge in [0.1, 0.15) is 5.71 Å². The van der Waals surface area contributed by atoms with E-state index in [0.29, 0.717) is 6.61 Å². The van der Waals surface area contributed by atoms with Crippen molar-refractivity contribution in [2.24, 2.45) is 16.9 Å². The zero-order valence-corrected chi connectivity index (χ0v) is 11.4. The molecule has 0 radical (unpaired) electrons. The number of hydrazone groups is 1. The molecule has 1 fully saturated rings. The topological polar surface area (TPSA) is 123 Å². The standard InChI is InChI=1S/C11H18N4O5/c1-19-5-3-13-9(16)7-8(14-12)11(18)15(10(7)17)4-6-20-2/h7H,3-6,12H2,1-2H3,(H,13,16)/b14-8+/t7-/m0/s1. The molecule has 3 N–H and O–H groups in total. The lowest BCUT2D eigenvalue weighted by Gasteiger charge is -2.13. The van der Waals surface area contributed by atoms with E-state index in [1.165, 1.54) is 14.2 Å². The summed E-state index contributed by atoms with van der Waals surface area (Å²) in [7, 11) is 2.92. The first-order valence-electron chi connectivity index (χ1n) is 5.97. The number of imide groups is 1. The Morgan fingerprint density at radius 2 is 2.00 bits per heavy atom. The smallest absolute Gasteiger partial charge is 0.278 e. The number of nitrogens with zero attached hydrogens (tertiary/aromatic N) is 2. The summed E-state index contributed by atoms with van der Waals surface area (Å²) in [5.41, 5.74) is -0.263. The lowest BCUT2D eigenvalue weighted by molar-refractivity contribution is -0.141. The van der Waals surface area contributed by atoms with Crippen LogP contribution in [-0.4, -0.2) is 68.9 Å². The van der Waals surface area contributed by atoms with Crippen molar-refractivity contribution >= 4 is 23.4 Å². The number of nitrogens with one attached hydrogen (secondary N) is 1. The Hall–Kier alpha value is -2.00. The molecule has 1 saturated heterocycles. The molecule has 9 nitrogen and oxygen atoms in total. The van der Waals surface area contributed by atoms with Crippen molar-refractivity contribution in [1.29, 1.82) is 0 Å². The fourth-order valence-electron chi connectivity index (χ4n) is 1.77. The minimum absolute atomic E-state index is 0.0506. The molecule has 0 bridgehead atoms. The highest BCUT2D eigenvalue weighted by Gasteiger charge is 2.48. The van der Waals surface area contributed by atoms with Gasteiger partial charge < -0.3 is 20.6 Å². The number of methoxy groups -OCH3 is 2. The summed E-state index contributed by atoms with van der Waals surface area (Å²) in [6.45, 7) is 0.745. The van der Waals surface area contributed by atoms with Crippen LogP contribution in [0.2, 0.25) is 0 Å². The average molecular weight is 286 g/mol. The van der Waals surface area contributed by atoms with Crippen LogP contribution in [0.4, 0.5) is 0 Å². The van der Waals surface area contributed by atoms with E-state index in [0.717, 1.165) is 4.90 Å². The van der Waals surface area contributed by atoms with E-state index >= 15 is 0 Å². The van der Waals surface area contributed by atoms with Gasteiger partial charge in [-0.3, -0.25) is 19.3 Å². The lowest BCUT2D eigenvalue weighted by atomic mass is 10.1. The predicted octanol–water partition coefficient (Wildman–Crippen LogP) is -2.30. The molecule has 0 aromatic heterocycles. The normalized spacial score (nSPS) is 20.8. The lowest BCUT2D eigenvalue weighted by Crippen LogP contribution is -2.40. The maximum absolute atomic E-state index is 12.1. The third-order valence-electron chi connectivity index (χ3n) is 2.78. The first kappa shape index (κ1) is 16.1. The maximum Gasteiger partial charge on any atom is 0.278 e. The van der Waals surface area contributed by atoms with Crippen molar-refractivity contribution in [3.63, 3.8) is 0 Å². The van der Waals surface area contributed by atoms with E-state index in [4.69, 9.17) is 15.3 Å². The minimum atomic E-state index is -1.30. The Kier molecular flexibility index (Phi) is 6.07. The third kappa shape index (κ3) is 3.31. The Bertz CT molecular complexity index is 423. The molecule has 0 aromatic carbocycles. The van der Waals surface area contributed by atoms with E-state index in [1.807, 2.05) is 0 Å². The summed E-state index contributed by atoms with van der Waals surface area (Å²) >= 11 is 0. The number of ether oxygens (including phenoxy) is 2. The van der Waals surface area contributed by atoms with Gasteiger partial charge in [-0.25, -0.2) is 0 Å². The number of amides is 3. The average Bonchev–Trinajstić information content (AvgIpc) is 2.67. The predicted molar refractivity (Wildman–Crippen MR) is 68.6 cm³/mol. The first-order chi connectivity index (χ1) is 9.58. The van der Waals surface area contributed by atoms with Crippen LogP contribution in [0.1, 0.15) is 0 Å². The summed E-state index contributed by atoms with van der Waals surface area (Å²) < 4.78 is 9.59. The number of nitrogens with two attached hydrogens (primary N) is 1. The second-order valence-corrected chi connectivity index (χ2v) is 4.02. The zero-order chi connectivity index (χ0) is 15.1. The van der Waals surface area contributed by atoms with E-state index in [2.05, 4.69) is 10.4 Å². The van der Waals surface area contributed by atoms with Crippen molar-refractivity contribution in [3.05, 3.63) is 0 Å². The molecular formula is C11H18N4O5. The molecular weight excluding hydrogens is 268 g/mol. The van der Waals surface area contributed by atoms with Gasteiger partial charge in [0.2, 0.25) is 11.8 Å². The van der Waals surface area contributed by atoms with E-state index in [9.17, 15) is 14.4 Å². The second kappa shape index (κ2) is 7.56. The maximum atomic E-state index is 12.1. The van der Waals surface area contributed by atoms with Gasteiger partial charge in [-0.2, -0.15) is 5.10 Å². The molecule has 0 spiro atoms. The molecule has 1 aliphatic rings. The van der Waals surface area contributed by atoms with Crippen LogP contribution in [0.25, 0.3) is 0 Å². The van der Waals surface area contributed by atoms with Crippen LogP contribution >= 0.6 is 0 Å². The summed E-state index contributed by atoms with van der Waals surface area (Å²) in [6.07, 6.45) is 0. The van der Waals surface area contributed by atoms with Crippen LogP contribution in [0.15, 0.2) is 5.10 Å². The summed E-state index contributed by atoms with van der Waals surface area (Å²) in [6, 6.07) is 0. The molecule has 3 amide bonds. The molecule has 1 aliphatic heterocycles. The summed E-state index contributed by atoms with van der Waals surface area (Å²) in [5.74, 6) is 1.87. The fourth-order valence-corrected chi connectivity index (χ4v) is 1.77. The van der Waals surface area contributed by atoms with Crippen LogP contribution < -0.4 is 11.2 Å². The molecule has 112 valence electrons. The number of likely N-dealkylation sites (tertiary alicyclic amines) is 1. The van der Waals surface area contributed by atoms with Crippen LogP contribution in [0.3, 0.4) is 0 Å². The van der Waals surface area contributed by atoms with E-state index in [1.54, 1.807) is 0 Å². The van der Waals surface area contributed by atoms with Gasteiger partial charge >= 0.3 is 0 Å². The highest BCUT2D eigenvalue weighted by molar-refractivity contribution is 6.54. The Balaban J connectivity index is 2.81. The number of carbonyl (C=O) groups excluding carboxylic acids is 3. The molecule has 0 unspecified atom stereocenters. The quantitative estimate of drug-likeness (QED) is 0.178. The monoisotopic (exact) mass is 286 g/mol. The minimum Gasteiger partial charge on any atom is -0.383 e. The molecule has 0 saturated carbocycles. The second-order valence-electron chi connectivity index (χ2n) is 4.02. The van der Waals surface area contributed by atoms with Gasteiger partial charge in [-0.15, -0.1) is 0 Å². The van der Waals surface area contributed by atoms with Crippen molar-refractivity contribution in [2.75, 3.05) is 40.5 Å². The molecule has 1 rings (SSSR count). The number of hydrogen-bond acceptors (Lipinski definition) is 7. The van der Waals surface area contributed by atoms with Gasteiger partial charge in [-0.1, -0.05) is 0 Å². The van der Waals surface area contributed by atoms with Gasteiger partial charge in [0.05, 0.1) is 19.8 Å². The van der Waals surface area contributed by atoms with Crippen LogP contribution in [0.5, 0.6) is 0 Å². The van der Waals surface area contributed by atoms with Gasteiger partial charge in [-0.05, 0) is 0 Å². The van der Waals surface area contributed by atoms with Crippen molar-refractivity contribution < 1.29 is 23.9 Å².